The van der Waals surface area contributed by atoms with E-state index in [1.807, 2.05) is 13.0 Å². The Morgan fingerprint density at radius 1 is 1.47 bits per heavy atom. The Morgan fingerprint density at radius 3 is 2.80 bits per heavy atom. The summed E-state index contributed by atoms with van der Waals surface area (Å²) in [7, 11) is 0. The number of rotatable bonds is 5. The Morgan fingerprint density at radius 2 is 2.20 bits per heavy atom. The quantitative estimate of drug-likeness (QED) is 0.331. The van der Waals surface area contributed by atoms with Gasteiger partial charge in [-0.1, -0.05) is 19.4 Å². The van der Waals surface area contributed by atoms with Gasteiger partial charge in [-0.25, -0.2) is 0 Å². The average Bonchev–Trinajstić information content (AvgIpc) is 2.20. The summed E-state index contributed by atoms with van der Waals surface area (Å²) in [4.78, 5) is 11.3. The fraction of sp³-hybridized carbons (Fsp3) is 0.455. The van der Waals surface area contributed by atoms with Crippen LogP contribution in [-0.2, 0) is 0 Å². The fourth-order valence-electron chi connectivity index (χ4n) is 1.18. The summed E-state index contributed by atoms with van der Waals surface area (Å²) in [5, 5.41) is 10.6. The molecule has 4 heteroatoms. The van der Waals surface area contributed by atoms with Gasteiger partial charge in [-0.2, -0.15) is 0 Å². The van der Waals surface area contributed by atoms with Gasteiger partial charge in [0, 0.05) is 17.0 Å². The van der Waals surface area contributed by atoms with Gasteiger partial charge in [-0.3, -0.25) is 10.1 Å². The highest BCUT2D eigenvalue weighted by Crippen LogP contribution is 2.27. The average molecular weight is 225 g/mol. The van der Waals surface area contributed by atoms with Crippen LogP contribution in [0, 0.1) is 17.0 Å². The van der Waals surface area contributed by atoms with Gasteiger partial charge in [-0.05, 0) is 24.7 Å². The zero-order chi connectivity index (χ0) is 11.3. The molecule has 0 fully saturated rings. The molecule has 0 unspecified atom stereocenters. The van der Waals surface area contributed by atoms with Crippen molar-refractivity contribution in [1.82, 2.24) is 0 Å². The van der Waals surface area contributed by atoms with Crippen LogP contribution in [0.1, 0.15) is 25.3 Å². The Hall–Kier alpha value is -1.03. The van der Waals surface area contributed by atoms with Gasteiger partial charge in [0.1, 0.15) is 0 Å². The molecule has 0 amide bonds. The summed E-state index contributed by atoms with van der Waals surface area (Å²) >= 11 is 1.70. The third kappa shape index (κ3) is 3.55. The lowest BCUT2D eigenvalue weighted by molar-refractivity contribution is -0.385. The van der Waals surface area contributed by atoms with Gasteiger partial charge in [0.15, 0.2) is 0 Å². The number of unbranched alkanes of at least 4 members (excludes halogenated alkanes) is 1. The van der Waals surface area contributed by atoms with E-state index in [1.165, 1.54) is 0 Å². The number of nitro groups is 1. The van der Waals surface area contributed by atoms with Crippen LogP contribution < -0.4 is 0 Å². The lowest BCUT2D eigenvalue weighted by Gasteiger charge is -2.04. The van der Waals surface area contributed by atoms with Crippen LogP contribution in [-0.4, -0.2) is 10.7 Å². The van der Waals surface area contributed by atoms with Crippen LogP contribution in [0.4, 0.5) is 5.69 Å². The van der Waals surface area contributed by atoms with E-state index in [4.69, 9.17) is 0 Å². The van der Waals surface area contributed by atoms with Crippen LogP contribution in [0.25, 0.3) is 0 Å². The van der Waals surface area contributed by atoms with Crippen molar-refractivity contribution in [1.29, 1.82) is 0 Å². The molecule has 15 heavy (non-hydrogen) atoms. The van der Waals surface area contributed by atoms with Gasteiger partial charge in [0.05, 0.1) is 4.92 Å². The molecule has 0 atom stereocenters. The van der Waals surface area contributed by atoms with E-state index in [2.05, 4.69) is 6.92 Å². The second-order valence-electron chi connectivity index (χ2n) is 3.41. The molecule has 0 heterocycles. The van der Waals surface area contributed by atoms with Gasteiger partial charge in [0.25, 0.3) is 5.69 Å². The largest absolute Gasteiger partial charge is 0.270 e. The number of thioether (sulfide) groups is 1. The molecular weight excluding hydrogens is 210 g/mol. The summed E-state index contributed by atoms with van der Waals surface area (Å²) < 4.78 is 0. The SMILES string of the molecule is CCCCSc1cc([N+](=O)[O-])ccc1C. The maximum atomic E-state index is 10.6. The van der Waals surface area contributed by atoms with Gasteiger partial charge in [-0.15, -0.1) is 11.8 Å². The van der Waals surface area contributed by atoms with E-state index in [1.54, 1.807) is 23.9 Å². The monoisotopic (exact) mass is 225 g/mol. The molecule has 0 saturated carbocycles. The minimum atomic E-state index is -0.344. The predicted octanol–water partition coefficient (Wildman–Crippen LogP) is 3.80. The van der Waals surface area contributed by atoms with Crippen molar-refractivity contribution < 1.29 is 4.92 Å². The number of hydrogen-bond acceptors (Lipinski definition) is 3. The molecule has 0 bridgehead atoms. The van der Waals surface area contributed by atoms with Gasteiger partial charge in [0.2, 0.25) is 0 Å². The number of benzene rings is 1. The van der Waals surface area contributed by atoms with E-state index >= 15 is 0 Å². The predicted molar refractivity (Wildman–Crippen MR) is 63.5 cm³/mol. The van der Waals surface area contributed by atoms with Crippen molar-refractivity contribution in [3.05, 3.63) is 33.9 Å². The van der Waals surface area contributed by atoms with Crippen LogP contribution in [0.3, 0.4) is 0 Å². The molecule has 0 spiro atoms. The lowest BCUT2D eigenvalue weighted by atomic mass is 10.2. The standard InChI is InChI=1S/C11H15NO2S/c1-3-4-7-15-11-8-10(12(13)14)6-5-9(11)2/h5-6,8H,3-4,7H2,1-2H3. The highest BCUT2D eigenvalue weighted by atomic mass is 32.2. The summed E-state index contributed by atoms with van der Waals surface area (Å²) in [6.07, 6.45) is 2.30. The number of non-ortho nitro benzene ring substituents is 1. The molecule has 0 N–H and O–H groups in total. The first-order valence-electron chi connectivity index (χ1n) is 5.03. The molecule has 0 aliphatic rings. The molecule has 1 aromatic carbocycles. The van der Waals surface area contributed by atoms with Crippen molar-refractivity contribution in [2.45, 2.75) is 31.6 Å². The Bertz CT molecular complexity index is 352. The highest BCUT2D eigenvalue weighted by Gasteiger charge is 2.08. The van der Waals surface area contributed by atoms with Crippen molar-refractivity contribution in [2.24, 2.45) is 0 Å². The Labute approximate surface area is 94.0 Å². The topological polar surface area (TPSA) is 43.1 Å². The summed E-state index contributed by atoms with van der Waals surface area (Å²) in [6.45, 7) is 4.12. The molecule has 0 aliphatic heterocycles. The van der Waals surface area contributed by atoms with E-state index in [0.29, 0.717) is 0 Å². The van der Waals surface area contributed by atoms with Gasteiger partial charge >= 0.3 is 0 Å². The van der Waals surface area contributed by atoms with Crippen molar-refractivity contribution in [2.75, 3.05) is 5.75 Å². The normalized spacial score (nSPS) is 10.3. The number of hydrogen-bond donors (Lipinski definition) is 0. The number of aryl methyl sites for hydroxylation is 1. The minimum Gasteiger partial charge on any atom is -0.258 e. The van der Waals surface area contributed by atoms with Crippen molar-refractivity contribution in [3.63, 3.8) is 0 Å². The molecule has 3 nitrogen and oxygen atoms in total. The summed E-state index contributed by atoms with van der Waals surface area (Å²) in [5.74, 6) is 1.03. The third-order valence-corrected chi connectivity index (χ3v) is 3.38. The highest BCUT2D eigenvalue weighted by molar-refractivity contribution is 7.99. The maximum Gasteiger partial charge on any atom is 0.270 e. The smallest absolute Gasteiger partial charge is 0.258 e. The molecule has 0 aromatic heterocycles. The molecule has 0 radical (unpaired) electrons. The minimum absolute atomic E-state index is 0.180. The van der Waals surface area contributed by atoms with E-state index in [-0.39, 0.29) is 10.6 Å². The molecule has 82 valence electrons. The molecule has 1 rings (SSSR count). The second kappa shape index (κ2) is 5.75. The van der Waals surface area contributed by atoms with Crippen LogP contribution >= 0.6 is 11.8 Å². The Balaban J connectivity index is 2.76. The zero-order valence-corrected chi connectivity index (χ0v) is 9.84. The maximum absolute atomic E-state index is 10.6. The zero-order valence-electron chi connectivity index (χ0n) is 9.03. The van der Waals surface area contributed by atoms with Gasteiger partial charge < -0.3 is 0 Å². The molecule has 0 saturated heterocycles. The second-order valence-corrected chi connectivity index (χ2v) is 4.55. The fourth-order valence-corrected chi connectivity index (χ4v) is 2.34. The molecule has 0 aliphatic carbocycles. The molecule has 1 aromatic rings. The lowest BCUT2D eigenvalue weighted by Crippen LogP contribution is -1.90. The summed E-state index contributed by atoms with van der Waals surface area (Å²) in [5.41, 5.74) is 1.29. The third-order valence-electron chi connectivity index (χ3n) is 2.14. The van der Waals surface area contributed by atoms with E-state index in [9.17, 15) is 10.1 Å². The Kier molecular flexibility index (Phi) is 4.62. The van der Waals surface area contributed by atoms with Crippen LogP contribution in [0.5, 0.6) is 0 Å². The number of nitro benzene ring substituents is 1. The van der Waals surface area contributed by atoms with Crippen LogP contribution in [0.15, 0.2) is 23.1 Å². The summed E-state index contributed by atoms with van der Waals surface area (Å²) in [6, 6.07) is 5.03. The molecular formula is C11H15NO2S. The first-order valence-corrected chi connectivity index (χ1v) is 6.01. The van der Waals surface area contributed by atoms with Crippen molar-refractivity contribution in [3.8, 4) is 0 Å². The number of nitrogens with zero attached hydrogens (tertiary/aromatic N) is 1. The van der Waals surface area contributed by atoms with Crippen LogP contribution in [0.2, 0.25) is 0 Å². The first-order chi connectivity index (χ1) is 7.15. The van der Waals surface area contributed by atoms with Crippen molar-refractivity contribution >= 4 is 17.4 Å². The van der Waals surface area contributed by atoms with E-state index < -0.39 is 0 Å². The first kappa shape index (κ1) is 12.0. The van der Waals surface area contributed by atoms with E-state index in [0.717, 1.165) is 29.1 Å².